The first-order chi connectivity index (χ1) is 8.25. The molecule has 19 heavy (non-hydrogen) atoms. The second-order valence-electron chi connectivity index (χ2n) is 4.63. The standard InChI is InChI=1S/2C6H8O3.CH4/c2*1-3-4(2)6(8)9-5(3)7;/h2*3-4H,1-2H3;1H4. The van der Waals surface area contributed by atoms with Gasteiger partial charge in [-0.15, -0.1) is 0 Å². The quantitative estimate of drug-likeness (QED) is 0.488. The van der Waals surface area contributed by atoms with E-state index in [1.165, 1.54) is 0 Å². The third kappa shape index (κ3) is 3.62. The summed E-state index contributed by atoms with van der Waals surface area (Å²) in [7, 11) is 0. The Balaban J connectivity index is 0.000000324. The summed E-state index contributed by atoms with van der Waals surface area (Å²) in [5, 5.41) is 0. The fourth-order valence-electron chi connectivity index (χ4n) is 1.39. The first-order valence-corrected chi connectivity index (χ1v) is 5.76. The highest BCUT2D eigenvalue weighted by molar-refractivity contribution is 5.96. The van der Waals surface area contributed by atoms with Crippen LogP contribution in [0.3, 0.4) is 0 Å². The van der Waals surface area contributed by atoms with Crippen LogP contribution >= 0.6 is 0 Å². The molecule has 0 saturated carbocycles. The van der Waals surface area contributed by atoms with Crippen LogP contribution in [0.4, 0.5) is 0 Å². The van der Waals surface area contributed by atoms with Crippen LogP contribution in [0.2, 0.25) is 0 Å². The van der Waals surface area contributed by atoms with Crippen LogP contribution in [0, 0.1) is 23.7 Å². The molecule has 4 unspecified atom stereocenters. The normalized spacial score (nSPS) is 33.1. The molecule has 4 atom stereocenters. The molecule has 2 saturated heterocycles. The summed E-state index contributed by atoms with van der Waals surface area (Å²) in [4.78, 5) is 42.2. The highest BCUT2D eigenvalue weighted by atomic mass is 16.6. The average Bonchev–Trinajstić information content (AvgIpc) is 2.66. The van der Waals surface area contributed by atoms with Crippen molar-refractivity contribution < 1.29 is 28.7 Å². The van der Waals surface area contributed by atoms with E-state index in [1.54, 1.807) is 27.7 Å². The van der Waals surface area contributed by atoms with Gasteiger partial charge in [-0.1, -0.05) is 35.1 Å². The van der Waals surface area contributed by atoms with Gasteiger partial charge < -0.3 is 9.47 Å². The van der Waals surface area contributed by atoms with Crippen molar-refractivity contribution in [2.24, 2.45) is 23.7 Å². The molecule has 0 N–H and O–H groups in total. The SMILES string of the molecule is C.CC1C(=O)OC(=O)C1C.CC1C(=O)OC(=O)C1C. The van der Waals surface area contributed by atoms with Crippen LogP contribution in [0.5, 0.6) is 0 Å². The molecule has 108 valence electrons. The van der Waals surface area contributed by atoms with E-state index in [0.29, 0.717) is 0 Å². The van der Waals surface area contributed by atoms with Gasteiger partial charge in [0, 0.05) is 0 Å². The van der Waals surface area contributed by atoms with Gasteiger partial charge in [0.05, 0.1) is 23.7 Å². The Hall–Kier alpha value is -1.72. The predicted molar refractivity (Wildman–Crippen MR) is 65.6 cm³/mol. The van der Waals surface area contributed by atoms with Crippen molar-refractivity contribution in [1.29, 1.82) is 0 Å². The Labute approximate surface area is 112 Å². The number of hydrogen-bond donors (Lipinski definition) is 0. The van der Waals surface area contributed by atoms with Crippen molar-refractivity contribution in [2.75, 3.05) is 0 Å². The maximum absolute atomic E-state index is 10.6. The molecule has 0 aliphatic carbocycles. The van der Waals surface area contributed by atoms with E-state index in [9.17, 15) is 19.2 Å². The van der Waals surface area contributed by atoms with Crippen LogP contribution in [-0.4, -0.2) is 23.9 Å². The van der Waals surface area contributed by atoms with Gasteiger partial charge in [0.1, 0.15) is 0 Å². The largest absolute Gasteiger partial charge is 0.393 e. The third-order valence-electron chi connectivity index (χ3n) is 3.39. The Kier molecular flexibility index (Phi) is 5.86. The van der Waals surface area contributed by atoms with Crippen LogP contribution in [0.25, 0.3) is 0 Å². The lowest BCUT2D eigenvalue weighted by atomic mass is 10.00. The van der Waals surface area contributed by atoms with E-state index >= 15 is 0 Å². The van der Waals surface area contributed by atoms with Gasteiger partial charge in [-0.05, 0) is 0 Å². The van der Waals surface area contributed by atoms with Crippen molar-refractivity contribution in [3.05, 3.63) is 0 Å². The fraction of sp³-hybridized carbons (Fsp3) is 0.692. The summed E-state index contributed by atoms with van der Waals surface area (Å²) in [6.45, 7) is 6.77. The van der Waals surface area contributed by atoms with Crippen molar-refractivity contribution in [1.82, 2.24) is 0 Å². The summed E-state index contributed by atoms with van der Waals surface area (Å²) in [6, 6.07) is 0. The lowest BCUT2D eigenvalue weighted by Crippen LogP contribution is -2.09. The molecule has 0 radical (unpaired) electrons. The predicted octanol–water partition coefficient (Wildman–Crippen LogP) is 1.32. The number of ether oxygens (including phenoxy) is 2. The molecule has 6 nitrogen and oxygen atoms in total. The monoisotopic (exact) mass is 272 g/mol. The van der Waals surface area contributed by atoms with Gasteiger partial charge >= 0.3 is 23.9 Å². The number of rotatable bonds is 0. The van der Waals surface area contributed by atoms with Crippen LogP contribution in [-0.2, 0) is 28.7 Å². The topological polar surface area (TPSA) is 86.7 Å². The molecule has 2 aliphatic heterocycles. The van der Waals surface area contributed by atoms with Crippen LogP contribution in [0.15, 0.2) is 0 Å². The summed E-state index contributed by atoms with van der Waals surface area (Å²) in [6.07, 6.45) is 0. The smallest absolute Gasteiger partial charge is 0.317 e. The van der Waals surface area contributed by atoms with Crippen LogP contribution < -0.4 is 0 Å². The molecule has 2 aliphatic rings. The van der Waals surface area contributed by atoms with Gasteiger partial charge in [0.2, 0.25) is 0 Å². The number of carbonyl (C=O) groups is 4. The van der Waals surface area contributed by atoms with Gasteiger partial charge in [-0.2, -0.15) is 0 Å². The molecule has 6 heteroatoms. The lowest BCUT2D eigenvalue weighted by molar-refractivity contribution is -0.155. The zero-order chi connectivity index (χ0) is 14.0. The van der Waals surface area contributed by atoms with Gasteiger partial charge in [0.25, 0.3) is 0 Å². The second kappa shape index (κ2) is 6.45. The molecule has 0 aromatic rings. The Morgan fingerprint density at radius 3 is 0.789 bits per heavy atom. The van der Waals surface area contributed by atoms with Gasteiger partial charge in [-0.25, -0.2) is 0 Å². The minimum Gasteiger partial charge on any atom is -0.393 e. The Morgan fingerprint density at radius 2 is 0.737 bits per heavy atom. The van der Waals surface area contributed by atoms with E-state index in [2.05, 4.69) is 9.47 Å². The van der Waals surface area contributed by atoms with E-state index < -0.39 is 23.9 Å². The number of hydrogen-bond acceptors (Lipinski definition) is 6. The maximum atomic E-state index is 10.6. The first-order valence-electron chi connectivity index (χ1n) is 5.76. The minimum atomic E-state index is -0.396. The van der Waals surface area contributed by atoms with E-state index in [1.807, 2.05) is 0 Å². The molecule has 2 fully saturated rings. The fourth-order valence-corrected chi connectivity index (χ4v) is 1.39. The molecule has 0 spiro atoms. The molecule has 0 amide bonds. The lowest BCUT2D eigenvalue weighted by Gasteiger charge is -1.96. The van der Waals surface area contributed by atoms with E-state index in [0.717, 1.165) is 0 Å². The molecule has 2 heterocycles. The highest BCUT2D eigenvalue weighted by Crippen LogP contribution is 2.22. The summed E-state index contributed by atoms with van der Waals surface area (Å²) in [5.74, 6) is -2.59. The Bertz CT molecular complexity index is 326. The molecular weight excluding hydrogens is 252 g/mol. The average molecular weight is 272 g/mol. The van der Waals surface area contributed by atoms with Crippen molar-refractivity contribution in [3.63, 3.8) is 0 Å². The number of carbonyl (C=O) groups excluding carboxylic acids is 4. The highest BCUT2D eigenvalue weighted by Gasteiger charge is 2.38. The molecule has 0 aromatic heterocycles. The summed E-state index contributed by atoms with van der Waals surface area (Å²) in [5.41, 5.74) is 0. The van der Waals surface area contributed by atoms with Crippen molar-refractivity contribution in [2.45, 2.75) is 35.1 Å². The molecule has 2 rings (SSSR count). The Morgan fingerprint density at radius 1 is 0.579 bits per heavy atom. The van der Waals surface area contributed by atoms with Crippen LogP contribution in [0.1, 0.15) is 35.1 Å². The van der Waals surface area contributed by atoms with Crippen molar-refractivity contribution in [3.8, 4) is 0 Å². The maximum Gasteiger partial charge on any atom is 0.317 e. The van der Waals surface area contributed by atoms with Gasteiger partial charge in [-0.3, -0.25) is 19.2 Å². The molecule has 0 aromatic carbocycles. The van der Waals surface area contributed by atoms with Crippen molar-refractivity contribution >= 4 is 23.9 Å². The minimum absolute atomic E-state index is 0. The zero-order valence-electron chi connectivity index (χ0n) is 10.8. The van der Waals surface area contributed by atoms with E-state index in [4.69, 9.17) is 0 Å². The van der Waals surface area contributed by atoms with Gasteiger partial charge in [0.15, 0.2) is 0 Å². The molecule has 0 bridgehead atoms. The summed E-state index contributed by atoms with van der Waals surface area (Å²) < 4.78 is 8.62. The third-order valence-corrected chi connectivity index (χ3v) is 3.39. The molecular formula is C13H20O6. The number of esters is 4. The van der Waals surface area contributed by atoms with E-state index in [-0.39, 0.29) is 31.1 Å². The zero-order valence-corrected chi connectivity index (χ0v) is 10.8. The first kappa shape index (κ1) is 17.3. The number of cyclic esters (lactones) is 4. The second-order valence-corrected chi connectivity index (χ2v) is 4.63. The summed E-state index contributed by atoms with van der Waals surface area (Å²) >= 11 is 0.